The predicted octanol–water partition coefficient (Wildman–Crippen LogP) is 13.9. The monoisotopic (exact) mass is 678 g/mol. The number of anilines is 3. The van der Waals surface area contributed by atoms with E-state index in [1.807, 2.05) is 0 Å². The molecule has 8 aromatic carbocycles. The minimum absolute atomic E-state index is 0.0791. The third kappa shape index (κ3) is 4.94. The number of hydrogen-bond donors (Lipinski definition) is 0. The summed E-state index contributed by atoms with van der Waals surface area (Å²) in [5, 5.41) is 2.50. The Labute approximate surface area is 310 Å². The molecule has 0 unspecified atom stereocenters. The molecule has 0 radical (unpaired) electrons. The van der Waals surface area contributed by atoms with Crippen molar-refractivity contribution in [3.63, 3.8) is 0 Å². The van der Waals surface area contributed by atoms with Crippen molar-refractivity contribution in [1.82, 2.24) is 4.57 Å². The fourth-order valence-electron chi connectivity index (χ4n) is 8.68. The molecule has 1 heterocycles. The third-order valence-corrected chi connectivity index (χ3v) is 11.2. The van der Waals surface area contributed by atoms with Gasteiger partial charge in [0.1, 0.15) is 0 Å². The summed E-state index contributed by atoms with van der Waals surface area (Å²) in [5.74, 6) is 0. The lowest BCUT2D eigenvalue weighted by atomic mass is 9.82. The molecule has 1 aliphatic rings. The first-order chi connectivity index (χ1) is 26.1. The van der Waals surface area contributed by atoms with Crippen LogP contribution in [0.25, 0.3) is 60.9 Å². The van der Waals surface area contributed by atoms with E-state index < -0.39 is 0 Å². The second-order valence-corrected chi connectivity index (χ2v) is 14.6. The van der Waals surface area contributed by atoms with E-state index in [1.54, 1.807) is 0 Å². The molecule has 0 fully saturated rings. The molecular weight excluding hydrogens is 641 g/mol. The molecule has 10 rings (SSSR count). The molecule has 252 valence electrons. The zero-order chi connectivity index (χ0) is 35.5. The zero-order valence-electron chi connectivity index (χ0n) is 29.9. The van der Waals surface area contributed by atoms with Gasteiger partial charge in [-0.2, -0.15) is 0 Å². The summed E-state index contributed by atoms with van der Waals surface area (Å²) in [4.78, 5) is 2.43. The molecule has 9 aromatic rings. The van der Waals surface area contributed by atoms with Crippen molar-refractivity contribution in [2.45, 2.75) is 19.3 Å². The number of nitrogens with zero attached hydrogens (tertiary/aromatic N) is 2. The van der Waals surface area contributed by atoms with Gasteiger partial charge in [0.2, 0.25) is 0 Å². The van der Waals surface area contributed by atoms with Crippen LogP contribution in [0.4, 0.5) is 17.1 Å². The number of benzene rings is 8. The van der Waals surface area contributed by atoms with Gasteiger partial charge in [-0.3, -0.25) is 0 Å². The highest BCUT2D eigenvalue weighted by atomic mass is 15.1. The smallest absolute Gasteiger partial charge is 0.0547 e. The van der Waals surface area contributed by atoms with Gasteiger partial charge in [0.25, 0.3) is 0 Å². The van der Waals surface area contributed by atoms with Crippen LogP contribution in [0.15, 0.2) is 194 Å². The van der Waals surface area contributed by atoms with Gasteiger partial charge < -0.3 is 9.47 Å². The van der Waals surface area contributed by atoms with E-state index in [2.05, 4.69) is 217 Å². The number of hydrogen-bond acceptors (Lipinski definition) is 1. The van der Waals surface area contributed by atoms with E-state index in [-0.39, 0.29) is 5.41 Å². The van der Waals surface area contributed by atoms with Gasteiger partial charge in [-0.05, 0) is 99.6 Å². The molecule has 0 bridgehead atoms. The molecule has 53 heavy (non-hydrogen) atoms. The molecule has 0 N–H and O–H groups in total. The SMILES string of the molecule is CC1(C)c2ccccc2-c2c(N(c3ccccc3)c3ccc(-c4cc5c6ccccc6n(-c6ccccc6)c5cc4-c4ccccc4)cc3)cccc21. The molecule has 0 spiro atoms. The molecule has 0 saturated heterocycles. The van der Waals surface area contributed by atoms with Crippen molar-refractivity contribution >= 4 is 38.9 Å². The lowest BCUT2D eigenvalue weighted by molar-refractivity contribution is 0.660. The summed E-state index contributed by atoms with van der Waals surface area (Å²) in [6.45, 7) is 4.70. The van der Waals surface area contributed by atoms with Gasteiger partial charge in [-0.1, -0.05) is 147 Å². The zero-order valence-corrected chi connectivity index (χ0v) is 29.9. The van der Waals surface area contributed by atoms with E-state index in [0.717, 1.165) is 17.1 Å². The normalized spacial score (nSPS) is 12.9. The van der Waals surface area contributed by atoms with Crippen LogP contribution in [0, 0.1) is 0 Å². The van der Waals surface area contributed by atoms with E-state index in [0.29, 0.717) is 0 Å². The Balaban J connectivity index is 1.17. The van der Waals surface area contributed by atoms with Crippen LogP contribution in [-0.4, -0.2) is 4.57 Å². The Kier molecular flexibility index (Phi) is 7.19. The second-order valence-electron chi connectivity index (χ2n) is 14.6. The molecule has 0 atom stereocenters. The number of rotatable bonds is 6. The highest BCUT2D eigenvalue weighted by Crippen LogP contribution is 2.54. The first-order valence-electron chi connectivity index (χ1n) is 18.4. The van der Waals surface area contributed by atoms with Crippen LogP contribution in [-0.2, 0) is 5.41 Å². The molecule has 0 saturated carbocycles. The molecule has 1 aromatic heterocycles. The van der Waals surface area contributed by atoms with Gasteiger partial charge in [0.15, 0.2) is 0 Å². The van der Waals surface area contributed by atoms with Crippen LogP contribution < -0.4 is 4.90 Å². The van der Waals surface area contributed by atoms with Crippen LogP contribution in [0.1, 0.15) is 25.0 Å². The number of para-hydroxylation sites is 3. The average molecular weight is 679 g/mol. The van der Waals surface area contributed by atoms with Crippen LogP contribution in [0.3, 0.4) is 0 Å². The van der Waals surface area contributed by atoms with Gasteiger partial charge in [0, 0.05) is 38.8 Å². The predicted molar refractivity (Wildman–Crippen MR) is 224 cm³/mol. The van der Waals surface area contributed by atoms with Crippen molar-refractivity contribution in [3.05, 3.63) is 205 Å². The van der Waals surface area contributed by atoms with E-state index in [9.17, 15) is 0 Å². The first-order valence-corrected chi connectivity index (χ1v) is 18.4. The first kappa shape index (κ1) is 31.1. The van der Waals surface area contributed by atoms with Crippen molar-refractivity contribution < 1.29 is 0 Å². The Morgan fingerprint density at radius 3 is 1.77 bits per heavy atom. The van der Waals surface area contributed by atoms with Gasteiger partial charge >= 0.3 is 0 Å². The third-order valence-electron chi connectivity index (χ3n) is 11.2. The van der Waals surface area contributed by atoms with E-state index in [4.69, 9.17) is 0 Å². The van der Waals surface area contributed by atoms with Gasteiger partial charge in [-0.25, -0.2) is 0 Å². The summed E-state index contributed by atoms with van der Waals surface area (Å²) in [6.07, 6.45) is 0. The maximum atomic E-state index is 2.43. The van der Waals surface area contributed by atoms with Crippen molar-refractivity contribution in [2.75, 3.05) is 4.90 Å². The lowest BCUT2D eigenvalue weighted by Gasteiger charge is -2.29. The molecule has 1 aliphatic carbocycles. The summed E-state index contributed by atoms with van der Waals surface area (Å²) in [7, 11) is 0. The summed E-state index contributed by atoms with van der Waals surface area (Å²) in [5.41, 5.74) is 17.1. The van der Waals surface area contributed by atoms with E-state index >= 15 is 0 Å². The molecule has 0 amide bonds. The maximum Gasteiger partial charge on any atom is 0.0547 e. The summed E-state index contributed by atoms with van der Waals surface area (Å²) < 4.78 is 2.40. The minimum atomic E-state index is -0.0791. The topological polar surface area (TPSA) is 8.17 Å². The molecular formula is C51H38N2. The van der Waals surface area contributed by atoms with Gasteiger partial charge in [-0.15, -0.1) is 0 Å². The Morgan fingerprint density at radius 2 is 1.00 bits per heavy atom. The highest BCUT2D eigenvalue weighted by Gasteiger charge is 2.37. The molecule has 2 nitrogen and oxygen atoms in total. The quantitative estimate of drug-likeness (QED) is 0.170. The van der Waals surface area contributed by atoms with Crippen LogP contribution >= 0.6 is 0 Å². The van der Waals surface area contributed by atoms with E-state index in [1.165, 1.54) is 72.0 Å². The highest BCUT2D eigenvalue weighted by molar-refractivity contribution is 6.12. The number of fused-ring (bicyclic) bond motifs is 6. The lowest BCUT2D eigenvalue weighted by Crippen LogP contribution is -2.16. The Bertz CT molecular complexity index is 2780. The fraction of sp³-hybridized carbons (Fsp3) is 0.0588. The van der Waals surface area contributed by atoms with Crippen molar-refractivity contribution in [1.29, 1.82) is 0 Å². The average Bonchev–Trinajstić information content (AvgIpc) is 3.67. The summed E-state index contributed by atoms with van der Waals surface area (Å²) in [6, 6.07) is 70.8. The standard InChI is InChI=1S/C51H38N2/c1-51(2)45-25-14-12-24-41(45)50-46(51)26-16-28-48(50)52(37-19-8-4-9-20-37)39-31-29-36(30-32-39)42-33-44-40-23-13-15-27-47(40)53(38-21-10-5-11-22-38)49(44)34-43(42)35-17-6-3-7-18-35/h3-34H,1-2H3. The van der Waals surface area contributed by atoms with Crippen molar-refractivity contribution in [3.8, 4) is 39.1 Å². The maximum absolute atomic E-state index is 2.43. The fourth-order valence-corrected chi connectivity index (χ4v) is 8.68. The van der Waals surface area contributed by atoms with Crippen LogP contribution in [0.5, 0.6) is 0 Å². The molecule has 0 aliphatic heterocycles. The largest absolute Gasteiger partial charge is 0.310 e. The Morgan fingerprint density at radius 1 is 0.415 bits per heavy atom. The van der Waals surface area contributed by atoms with Crippen LogP contribution in [0.2, 0.25) is 0 Å². The minimum Gasteiger partial charge on any atom is -0.310 e. The summed E-state index contributed by atoms with van der Waals surface area (Å²) >= 11 is 0. The Hall–Kier alpha value is -6.64. The van der Waals surface area contributed by atoms with Gasteiger partial charge in [0.05, 0.1) is 16.7 Å². The molecule has 2 heteroatoms. The van der Waals surface area contributed by atoms with Crippen molar-refractivity contribution in [2.24, 2.45) is 0 Å². The second kappa shape index (κ2) is 12.3. The number of aromatic nitrogens is 1.